The Morgan fingerprint density at radius 1 is 0.404 bits per heavy atom. The van der Waals surface area contributed by atoms with Crippen molar-refractivity contribution >= 4 is 75.9 Å². The predicted octanol–water partition coefficient (Wildman–Crippen LogP) is 11.2. The molecule has 242 valence electrons. The van der Waals surface area contributed by atoms with Gasteiger partial charge in [-0.1, -0.05) is 140 Å². The molecule has 0 spiro atoms. The molecule has 0 radical (unpaired) electrons. The third-order valence-electron chi connectivity index (χ3n) is 10.5. The van der Waals surface area contributed by atoms with E-state index in [1.165, 1.54) is 0 Å². The topological polar surface area (TPSA) is 52.7 Å². The molecule has 0 aliphatic rings. The molecular formula is C47H28N4O. The summed E-state index contributed by atoms with van der Waals surface area (Å²) >= 11 is 0. The van der Waals surface area contributed by atoms with Crippen LogP contribution >= 0.6 is 0 Å². The summed E-state index contributed by atoms with van der Waals surface area (Å²) < 4.78 is 4.09. The molecule has 3 aromatic heterocycles. The fourth-order valence-electron chi connectivity index (χ4n) is 8.30. The molecule has 11 rings (SSSR count). The van der Waals surface area contributed by atoms with Gasteiger partial charge >= 0.3 is 0 Å². The lowest BCUT2D eigenvalue weighted by Gasteiger charge is -2.19. The normalized spacial score (nSPS) is 11.9. The zero-order valence-electron chi connectivity index (χ0n) is 27.9. The number of fused-ring (bicyclic) bond motifs is 13. The van der Waals surface area contributed by atoms with Gasteiger partial charge in [-0.15, -0.1) is 0 Å². The summed E-state index contributed by atoms with van der Waals surface area (Å²) in [5.41, 5.74) is 6.15. The van der Waals surface area contributed by atoms with E-state index in [1.807, 2.05) is 71.3 Å². The molecule has 0 saturated heterocycles. The molecule has 11 aromatic rings. The first kappa shape index (κ1) is 28.7. The fourth-order valence-corrected chi connectivity index (χ4v) is 8.30. The molecule has 0 amide bonds. The minimum absolute atomic E-state index is 0.0712. The number of pyridine rings is 1. The van der Waals surface area contributed by atoms with E-state index in [-0.39, 0.29) is 5.56 Å². The van der Waals surface area contributed by atoms with E-state index in [4.69, 9.17) is 9.97 Å². The Balaban J connectivity index is 1.45. The largest absolute Gasteiger partial charge is 0.276 e. The maximum absolute atomic E-state index is 14.9. The summed E-state index contributed by atoms with van der Waals surface area (Å²) in [6.07, 6.45) is 0. The minimum atomic E-state index is -0.0712. The molecule has 8 aromatic carbocycles. The number of benzene rings is 8. The Morgan fingerprint density at radius 3 is 1.67 bits per heavy atom. The van der Waals surface area contributed by atoms with Crippen LogP contribution in [0.5, 0.6) is 0 Å². The summed E-state index contributed by atoms with van der Waals surface area (Å²) in [4.78, 5) is 25.8. The highest BCUT2D eigenvalue weighted by atomic mass is 16.1. The van der Waals surface area contributed by atoms with Gasteiger partial charge in [0.2, 0.25) is 5.95 Å². The quantitative estimate of drug-likeness (QED) is 0.177. The summed E-state index contributed by atoms with van der Waals surface area (Å²) in [5.74, 6) is 0.547. The SMILES string of the molecule is O=c1c2ccccc2c2c3ccccc3c3c4ccccc4n(-c4nc(-c5ccccc5)c5ccc6ccccc6c5n4)c3c2n1-c1ccccc1. The maximum Gasteiger partial charge on any atom is 0.263 e. The Kier molecular flexibility index (Phi) is 6.04. The number of aromatic nitrogens is 4. The van der Waals surface area contributed by atoms with Crippen molar-refractivity contribution in [3.63, 3.8) is 0 Å². The van der Waals surface area contributed by atoms with Crippen LogP contribution in [-0.4, -0.2) is 19.1 Å². The van der Waals surface area contributed by atoms with Crippen LogP contribution in [0.3, 0.4) is 0 Å². The molecule has 5 heteroatoms. The average Bonchev–Trinajstić information content (AvgIpc) is 3.57. The Labute approximate surface area is 297 Å². The second-order valence-corrected chi connectivity index (χ2v) is 13.3. The zero-order chi connectivity index (χ0) is 34.3. The molecule has 0 atom stereocenters. The number of hydrogen-bond donors (Lipinski definition) is 0. The molecule has 0 unspecified atom stereocenters. The van der Waals surface area contributed by atoms with E-state index in [9.17, 15) is 4.79 Å². The van der Waals surface area contributed by atoms with Gasteiger partial charge in [-0.05, 0) is 51.9 Å². The van der Waals surface area contributed by atoms with E-state index in [0.717, 1.165) is 87.5 Å². The second kappa shape index (κ2) is 10.9. The summed E-state index contributed by atoms with van der Waals surface area (Å²) in [5, 5.41) is 10.1. The van der Waals surface area contributed by atoms with E-state index < -0.39 is 0 Å². The van der Waals surface area contributed by atoms with E-state index in [2.05, 4.69) is 108 Å². The van der Waals surface area contributed by atoms with Crippen molar-refractivity contribution < 1.29 is 0 Å². The molecular weight excluding hydrogens is 637 g/mol. The molecule has 0 bridgehead atoms. The third-order valence-corrected chi connectivity index (χ3v) is 10.5. The lowest BCUT2D eigenvalue weighted by Crippen LogP contribution is -2.20. The maximum atomic E-state index is 14.9. The molecule has 0 fully saturated rings. The second-order valence-electron chi connectivity index (χ2n) is 13.3. The van der Waals surface area contributed by atoms with Gasteiger partial charge in [-0.3, -0.25) is 13.9 Å². The van der Waals surface area contributed by atoms with Crippen LogP contribution in [0.1, 0.15) is 0 Å². The Hall–Kier alpha value is -7.11. The van der Waals surface area contributed by atoms with Gasteiger partial charge in [-0.2, -0.15) is 0 Å². The molecule has 0 N–H and O–H groups in total. The number of nitrogens with zero attached hydrogens (tertiary/aromatic N) is 4. The van der Waals surface area contributed by atoms with Crippen molar-refractivity contribution in [3.8, 4) is 22.9 Å². The van der Waals surface area contributed by atoms with Gasteiger partial charge in [0.25, 0.3) is 5.56 Å². The smallest absolute Gasteiger partial charge is 0.263 e. The molecule has 0 saturated carbocycles. The lowest BCUT2D eigenvalue weighted by atomic mass is 9.95. The van der Waals surface area contributed by atoms with Gasteiger partial charge in [-0.25, -0.2) is 9.97 Å². The predicted molar refractivity (Wildman–Crippen MR) is 215 cm³/mol. The monoisotopic (exact) mass is 664 g/mol. The Bertz CT molecular complexity index is 3310. The average molecular weight is 665 g/mol. The zero-order valence-corrected chi connectivity index (χ0v) is 27.9. The summed E-state index contributed by atoms with van der Waals surface area (Å²) in [6.45, 7) is 0. The molecule has 3 heterocycles. The van der Waals surface area contributed by atoms with Crippen LogP contribution in [0.15, 0.2) is 175 Å². The van der Waals surface area contributed by atoms with Crippen LogP contribution in [-0.2, 0) is 0 Å². The Morgan fingerprint density at radius 2 is 0.942 bits per heavy atom. The van der Waals surface area contributed by atoms with Crippen LogP contribution < -0.4 is 5.56 Å². The van der Waals surface area contributed by atoms with Crippen LogP contribution in [0, 0.1) is 0 Å². The molecule has 0 aliphatic carbocycles. The van der Waals surface area contributed by atoms with Crippen LogP contribution in [0.25, 0.3) is 98.8 Å². The first-order valence-corrected chi connectivity index (χ1v) is 17.5. The highest BCUT2D eigenvalue weighted by Crippen LogP contribution is 2.44. The van der Waals surface area contributed by atoms with E-state index in [0.29, 0.717) is 11.3 Å². The standard InChI is InChI=1S/C47H28N4O/c52-46-36-24-12-11-23-35(36)40-33-21-9-10-22-34(33)41-37-25-13-14-26-39(37)51(45(41)44(40)50(46)31-18-5-2-6-19-31)47-48-42(30-16-3-1-4-17-30)38-28-27-29-15-7-8-20-32(29)43(38)49-47/h1-28H. The van der Waals surface area contributed by atoms with Crippen molar-refractivity contribution in [3.05, 3.63) is 180 Å². The van der Waals surface area contributed by atoms with E-state index in [1.54, 1.807) is 0 Å². The van der Waals surface area contributed by atoms with Gasteiger partial charge in [0.05, 0.1) is 27.8 Å². The van der Waals surface area contributed by atoms with Crippen LogP contribution in [0.2, 0.25) is 0 Å². The lowest BCUT2D eigenvalue weighted by molar-refractivity contribution is 1.01. The minimum Gasteiger partial charge on any atom is -0.276 e. The summed E-state index contributed by atoms with van der Waals surface area (Å²) in [7, 11) is 0. The van der Waals surface area contributed by atoms with Crippen molar-refractivity contribution in [1.29, 1.82) is 0 Å². The fraction of sp³-hybridized carbons (Fsp3) is 0. The first-order chi connectivity index (χ1) is 25.8. The van der Waals surface area contributed by atoms with Gasteiger partial charge < -0.3 is 0 Å². The first-order valence-electron chi connectivity index (χ1n) is 17.5. The highest BCUT2D eigenvalue weighted by molar-refractivity contribution is 6.35. The molecule has 5 nitrogen and oxygen atoms in total. The third kappa shape index (κ3) is 3.96. The van der Waals surface area contributed by atoms with Gasteiger partial charge in [0.1, 0.15) is 0 Å². The highest BCUT2D eigenvalue weighted by Gasteiger charge is 2.26. The van der Waals surface area contributed by atoms with Crippen molar-refractivity contribution in [1.82, 2.24) is 19.1 Å². The molecule has 52 heavy (non-hydrogen) atoms. The van der Waals surface area contributed by atoms with Crippen molar-refractivity contribution in [2.75, 3.05) is 0 Å². The molecule has 0 aliphatic heterocycles. The number of rotatable bonds is 3. The van der Waals surface area contributed by atoms with Crippen molar-refractivity contribution in [2.24, 2.45) is 0 Å². The number of hydrogen-bond acceptors (Lipinski definition) is 3. The van der Waals surface area contributed by atoms with Gasteiger partial charge in [0.15, 0.2) is 0 Å². The summed E-state index contributed by atoms with van der Waals surface area (Å²) in [6, 6.07) is 58.0. The van der Waals surface area contributed by atoms with Crippen molar-refractivity contribution in [2.45, 2.75) is 0 Å². The van der Waals surface area contributed by atoms with E-state index >= 15 is 0 Å². The van der Waals surface area contributed by atoms with Gasteiger partial charge in [0, 0.05) is 43.6 Å². The van der Waals surface area contributed by atoms with Crippen LogP contribution in [0.4, 0.5) is 0 Å². The number of para-hydroxylation sites is 2.